The van der Waals surface area contributed by atoms with Crippen LogP contribution in [0.5, 0.6) is 0 Å². The van der Waals surface area contributed by atoms with E-state index in [-0.39, 0.29) is 5.91 Å². The van der Waals surface area contributed by atoms with Crippen molar-refractivity contribution >= 4 is 11.6 Å². The van der Waals surface area contributed by atoms with Gasteiger partial charge >= 0.3 is 0 Å². The molecule has 0 saturated carbocycles. The molecule has 0 bridgehead atoms. The molecule has 0 spiro atoms. The molecular weight excluding hydrogens is 156 g/mol. The Labute approximate surface area is 70.8 Å². The highest BCUT2D eigenvalue weighted by molar-refractivity contribution is 5.97. The maximum absolute atomic E-state index is 11.3. The van der Waals surface area contributed by atoms with Gasteiger partial charge in [0.1, 0.15) is 5.69 Å². The third kappa shape index (κ3) is 1.25. The zero-order chi connectivity index (χ0) is 9.14. The summed E-state index contributed by atoms with van der Waals surface area (Å²) >= 11 is 0. The molecule has 0 aromatic carbocycles. The predicted molar refractivity (Wildman–Crippen MR) is 46.1 cm³/mol. The first-order valence-electron chi connectivity index (χ1n) is 3.62. The van der Waals surface area contributed by atoms with Crippen molar-refractivity contribution in [3.8, 4) is 0 Å². The Morgan fingerprint density at radius 1 is 1.58 bits per heavy atom. The minimum absolute atomic E-state index is 0.139. The number of nitrogens with one attached hydrogen (secondary N) is 2. The van der Waals surface area contributed by atoms with E-state index in [0.29, 0.717) is 5.69 Å². The van der Waals surface area contributed by atoms with E-state index in [9.17, 15) is 4.79 Å². The normalized spacial score (nSPS) is 9.58. The Hall–Kier alpha value is -1.52. The van der Waals surface area contributed by atoms with Crippen LogP contribution in [0.15, 0.2) is 6.20 Å². The molecule has 1 aromatic heterocycles. The highest BCUT2D eigenvalue weighted by Crippen LogP contribution is 2.11. The maximum atomic E-state index is 11.3. The van der Waals surface area contributed by atoms with Crippen LogP contribution in [0.25, 0.3) is 0 Å². The number of hydrogen-bond acceptors (Lipinski definition) is 3. The molecule has 0 aliphatic carbocycles. The molecule has 1 heterocycles. The minimum Gasteiger partial charge on any atom is -0.385 e. The van der Waals surface area contributed by atoms with E-state index in [2.05, 4.69) is 15.7 Å². The van der Waals surface area contributed by atoms with Gasteiger partial charge in [0.05, 0.1) is 11.9 Å². The lowest BCUT2D eigenvalue weighted by Crippen LogP contribution is -2.22. The van der Waals surface area contributed by atoms with Crippen LogP contribution in [-0.4, -0.2) is 29.8 Å². The number of rotatable bonds is 2. The Morgan fingerprint density at radius 2 is 2.25 bits per heavy atom. The van der Waals surface area contributed by atoms with E-state index in [4.69, 9.17) is 0 Å². The molecule has 0 saturated heterocycles. The van der Waals surface area contributed by atoms with Crippen LogP contribution in [0.1, 0.15) is 10.5 Å². The molecule has 0 atom stereocenters. The largest absolute Gasteiger partial charge is 0.385 e. The molecule has 0 unspecified atom stereocenters. The number of carbonyl (C=O) groups excluding carboxylic acids is 1. The molecule has 66 valence electrons. The van der Waals surface area contributed by atoms with Crippen LogP contribution < -0.4 is 10.6 Å². The molecule has 2 N–H and O–H groups in total. The second-order valence-electron chi connectivity index (χ2n) is 2.36. The third-order valence-corrected chi connectivity index (χ3v) is 1.65. The highest BCUT2D eigenvalue weighted by Gasteiger charge is 2.13. The number of carbonyl (C=O) groups is 1. The smallest absolute Gasteiger partial charge is 0.271 e. The monoisotopic (exact) mass is 168 g/mol. The standard InChI is InChI=1S/C7H12N4O/c1-8-5-4-10-11(3)6(5)7(12)9-2/h4,8H,1-3H3,(H,9,12). The first-order chi connectivity index (χ1) is 5.70. The van der Waals surface area contributed by atoms with E-state index in [1.165, 1.54) is 4.68 Å². The van der Waals surface area contributed by atoms with Crippen LogP contribution in [-0.2, 0) is 7.05 Å². The Bertz CT molecular complexity index is 292. The fourth-order valence-corrected chi connectivity index (χ4v) is 1.01. The molecule has 0 aliphatic heterocycles. The van der Waals surface area contributed by atoms with Crippen molar-refractivity contribution in [1.82, 2.24) is 15.1 Å². The number of aromatic nitrogens is 2. The van der Waals surface area contributed by atoms with E-state index >= 15 is 0 Å². The van der Waals surface area contributed by atoms with E-state index < -0.39 is 0 Å². The Morgan fingerprint density at radius 3 is 2.75 bits per heavy atom. The Balaban J connectivity index is 3.10. The summed E-state index contributed by atoms with van der Waals surface area (Å²) in [6.45, 7) is 0. The van der Waals surface area contributed by atoms with Gasteiger partial charge in [-0.25, -0.2) is 0 Å². The van der Waals surface area contributed by atoms with Crippen molar-refractivity contribution in [2.45, 2.75) is 0 Å². The lowest BCUT2D eigenvalue weighted by atomic mass is 10.3. The zero-order valence-corrected chi connectivity index (χ0v) is 7.38. The minimum atomic E-state index is -0.139. The summed E-state index contributed by atoms with van der Waals surface area (Å²) in [6.07, 6.45) is 1.62. The van der Waals surface area contributed by atoms with Gasteiger partial charge in [0, 0.05) is 21.1 Å². The van der Waals surface area contributed by atoms with Crippen molar-refractivity contribution in [2.75, 3.05) is 19.4 Å². The van der Waals surface area contributed by atoms with Crippen molar-refractivity contribution in [3.63, 3.8) is 0 Å². The molecule has 1 aromatic rings. The van der Waals surface area contributed by atoms with Crippen LogP contribution in [0.3, 0.4) is 0 Å². The van der Waals surface area contributed by atoms with E-state index in [0.717, 1.165) is 5.69 Å². The lowest BCUT2D eigenvalue weighted by Gasteiger charge is -2.02. The van der Waals surface area contributed by atoms with Gasteiger partial charge in [-0.15, -0.1) is 0 Å². The van der Waals surface area contributed by atoms with Gasteiger partial charge in [-0.1, -0.05) is 0 Å². The summed E-state index contributed by atoms with van der Waals surface area (Å²) in [5.74, 6) is -0.139. The molecule has 0 fully saturated rings. The third-order valence-electron chi connectivity index (χ3n) is 1.65. The van der Waals surface area contributed by atoms with Gasteiger partial charge in [-0.05, 0) is 0 Å². The maximum Gasteiger partial charge on any atom is 0.271 e. The molecule has 12 heavy (non-hydrogen) atoms. The van der Waals surface area contributed by atoms with Crippen LogP contribution >= 0.6 is 0 Å². The number of amides is 1. The molecule has 0 aliphatic rings. The molecule has 5 nitrogen and oxygen atoms in total. The number of aryl methyl sites for hydroxylation is 1. The van der Waals surface area contributed by atoms with Crippen molar-refractivity contribution in [3.05, 3.63) is 11.9 Å². The summed E-state index contributed by atoms with van der Waals surface area (Å²) < 4.78 is 1.53. The molecule has 0 radical (unpaired) electrons. The molecule has 1 rings (SSSR count). The second kappa shape index (κ2) is 3.25. The number of nitrogens with zero attached hydrogens (tertiary/aromatic N) is 2. The van der Waals surface area contributed by atoms with Gasteiger partial charge in [-0.3, -0.25) is 9.48 Å². The fourth-order valence-electron chi connectivity index (χ4n) is 1.01. The topological polar surface area (TPSA) is 59.0 Å². The fraction of sp³-hybridized carbons (Fsp3) is 0.429. The summed E-state index contributed by atoms with van der Waals surface area (Å²) in [5.41, 5.74) is 1.27. The lowest BCUT2D eigenvalue weighted by molar-refractivity contribution is 0.0954. The van der Waals surface area contributed by atoms with Crippen LogP contribution in [0.4, 0.5) is 5.69 Å². The van der Waals surface area contributed by atoms with Crippen LogP contribution in [0, 0.1) is 0 Å². The number of anilines is 1. The first-order valence-corrected chi connectivity index (χ1v) is 3.62. The average Bonchev–Trinajstić information content (AvgIpc) is 2.45. The first kappa shape index (κ1) is 8.58. The van der Waals surface area contributed by atoms with Crippen LogP contribution in [0.2, 0.25) is 0 Å². The van der Waals surface area contributed by atoms with Gasteiger partial charge in [-0.2, -0.15) is 5.10 Å². The average molecular weight is 168 g/mol. The summed E-state index contributed by atoms with van der Waals surface area (Å²) in [6, 6.07) is 0. The van der Waals surface area contributed by atoms with Gasteiger partial charge in [0.15, 0.2) is 0 Å². The van der Waals surface area contributed by atoms with Crippen molar-refractivity contribution in [1.29, 1.82) is 0 Å². The van der Waals surface area contributed by atoms with Crippen molar-refractivity contribution < 1.29 is 4.79 Å². The van der Waals surface area contributed by atoms with E-state index in [1.807, 2.05) is 0 Å². The zero-order valence-electron chi connectivity index (χ0n) is 7.38. The van der Waals surface area contributed by atoms with Gasteiger partial charge in [0.2, 0.25) is 0 Å². The SMILES string of the molecule is CNC(=O)c1c(NC)cnn1C. The second-order valence-corrected chi connectivity index (χ2v) is 2.36. The molecule has 1 amide bonds. The molecule has 5 heteroatoms. The summed E-state index contributed by atoms with van der Waals surface area (Å²) in [7, 11) is 5.07. The summed E-state index contributed by atoms with van der Waals surface area (Å²) in [4.78, 5) is 11.3. The van der Waals surface area contributed by atoms with E-state index in [1.54, 1.807) is 27.3 Å². The molecular formula is C7H12N4O. The predicted octanol–water partition coefficient (Wildman–Crippen LogP) is -0.179. The summed E-state index contributed by atoms with van der Waals surface area (Å²) in [5, 5.41) is 9.38. The van der Waals surface area contributed by atoms with Crippen molar-refractivity contribution in [2.24, 2.45) is 7.05 Å². The van der Waals surface area contributed by atoms with Gasteiger partial charge in [0.25, 0.3) is 5.91 Å². The van der Waals surface area contributed by atoms with Gasteiger partial charge < -0.3 is 10.6 Å². The Kier molecular flexibility index (Phi) is 2.32. The quantitative estimate of drug-likeness (QED) is 0.644. The highest BCUT2D eigenvalue weighted by atomic mass is 16.1. The number of hydrogen-bond donors (Lipinski definition) is 2.